The lowest BCUT2D eigenvalue weighted by Gasteiger charge is -2.07. The standard InChI is InChI=1S/C32H30FN7O3S/c1-3-4-5-29(41)36-24-13-22(15-34-16-24)20-6-7-27-25(14-20)31(40-39-27)32-37-28-18-35-17-26(30(28)38-32)21-10-19(11-23(33)12-21)8-9-44(2,42)43/h6-7,10-18H,3-5,8-9H2,1-2H3,(H,36,41)(H,37,38)(H,39,40). The monoisotopic (exact) mass is 611 g/mol. The van der Waals surface area contributed by atoms with Gasteiger partial charge in [0.25, 0.3) is 0 Å². The summed E-state index contributed by atoms with van der Waals surface area (Å²) in [5.41, 5.74) is 6.70. The molecular weight excluding hydrogens is 581 g/mol. The molecule has 44 heavy (non-hydrogen) atoms. The number of unbranched alkanes of at least 4 members (excludes halogenated alkanes) is 1. The number of nitrogens with zero attached hydrogens (tertiary/aromatic N) is 4. The Labute approximate surface area is 253 Å². The van der Waals surface area contributed by atoms with Gasteiger partial charge in [-0.15, -0.1) is 0 Å². The summed E-state index contributed by atoms with van der Waals surface area (Å²) in [6.45, 7) is 2.04. The Bertz CT molecular complexity index is 2120. The number of carbonyl (C=O) groups excluding carboxylic acids is 1. The number of benzene rings is 2. The first kappa shape index (κ1) is 29.1. The molecule has 0 bridgehead atoms. The number of aromatic nitrogens is 6. The van der Waals surface area contributed by atoms with Gasteiger partial charge in [0.15, 0.2) is 5.82 Å². The third-order valence-corrected chi connectivity index (χ3v) is 8.27. The minimum Gasteiger partial charge on any atom is -0.335 e. The van der Waals surface area contributed by atoms with E-state index in [0.717, 1.165) is 41.1 Å². The van der Waals surface area contributed by atoms with Gasteiger partial charge >= 0.3 is 0 Å². The van der Waals surface area contributed by atoms with E-state index in [-0.39, 0.29) is 18.1 Å². The summed E-state index contributed by atoms with van der Waals surface area (Å²) < 4.78 is 38.0. The number of aryl methyl sites for hydroxylation is 1. The highest BCUT2D eigenvalue weighted by Gasteiger charge is 2.17. The summed E-state index contributed by atoms with van der Waals surface area (Å²) in [7, 11) is -3.20. The Hall–Kier alpha value is -4.97. The van der Waals surface area contributed by atoms with Crippen molar-refractivity contribution in [1.29, 1.82) is 0 Å². The lowest BCUT2D eigenvalue weighted by atomic mass is 10.0. The molecule has 12 heteroatoms. The summed E-state index contributed by atoms with van der Waals surface area (Å²) in [6.07, 6.45) is 10.2. The van der Waals surface area contributed by atoms with Crippen molar-refractivity contribution in [3.05, 3.63) is 78.6 Å². The zero-order valence-corrected chi connectivity index (χ0v) is 25.0. The molecule has 0 radical (unpaired) electrons. The first-order valence-electron chi connectivity index (χ1n) is 14.2. The van der Waals surface area contributed by atoms with Crippen LogP contribution in [0, 0.1) is 5.82 Å². The summed E-state index contributed by atoms with van der Waals surface area (Å²) in [4.78, 5) is 29.0. The molecule has 6 rings (SSSR count). The number of amides is 1. The number of hydrogen-bond donors (Lipinski definition) is 3. The quantitative estimate of drug-likeness (QED) is 0.170. The minimum absolute atomic E-state index is 0.0412. The van der Waals surface area contributed by atoms with E-state index >= 15 is 0 Å². The average molecular weight is 612 g/mol. The molecule has 0 fully saturated rings. The van der Waals surface area contributed by atoms with Gasteiger partial charge in [0.2, 0.25) is 5.91 Å². The Morgan fingerprint density at radius 1 is 0.955 bits per heavy atom. The highest BCUT2D eigenvalue weighted by atomic mass is 32.2. The molecule has 0 aliphatic heterocycles. The number of sulfone groups is 1. The molecule has 224 valence electrons. The number of halogens is 1. The number of imidazole rings is 1. The van der Waals surface area contributed by atoms with Crippen molar-refractivity contribution >= 4 is 43.4 Å². The molecule has 2 aromatic carbocycles. The first-order chi connectivity index (χ1) is 21.2. The Morgan fingerprint density at radius 3 is 2.61 bits per heavy atom. The number of nitrogens with one attached hydrogen (secondary N) is 3. The molecule has 10 nitrogen and oxygen atoms in total. The summed E-state index contributed by atoms with van der Waals surface area (Å²) in [6, 6.07) is 12.3. The van der Waals surface area contributed by atoms with Gasteiger partial charge in [-0.1, -0.05) is 25.5 Å². The first-order valence-corrected chi connectivity index (χ1v) is 16.3. The largest absolute Gasteiger partial charge is 0.335 e. The molecule has 0 spiro atoms. The number of H-pyrrole nitrogens is 2. The normalized spacial score (nSPS) is 11.8. The second-order valence-electron chi connectivity index (χ2n) is 10.8. The maximum atomic E-state index is 14.6. The van der Waals surface area contributed by atoms with E-state index in [0.29, 0.717) is 51.4 Å². The molecule has 0 aliphatic rings. The highest BCUT2D eigenvalue weighted by Crippen LogP contribution is 2.33. The molecule has 3 N–H and O–H groups in total. The van der Waals surface area contributed by atoms with Gasteiger partial charge in [0.05, 0.1) is 40.4 Å². The number of hydrogen-bond acceptors (Lipinski definition) is 7. The lowest BCUT2D eigenvalue weighted by Crippen LogP contribution is -2.11. The molecule has 4 heterocycles. The van der Waals surface area contributed by atoms with E-state index < -0.39 is 15.7 Å². The van der Waals surface area contributed by atoms with Crippen LogP contribution < -0.4 is 5.32 Å². The SMILES string of the molecule is CCCCC(=O)Nc1cncc(-c2ccc3[nH]nc(-c4nc5c(-c6cc(F)cc(CCS(C)(=O)=O)c6)cncc5[nH]4)c3c2)c1. The van der Waals surface area contributed by atoms with Gasteiger partial charge < -0.3 is 10.3 Å². The van der Waals surface area contributed by atoms with Crippen LogP contribution in [0.4, 0.5) is 10.1 Å². The topological polar surface area (TPSA) is 146 Å². The zero-order chi connectivity index (χ0) is 30.8. The molecule has 0 atom stereocenters. The fourth-order valence-corrected chi connectivity index (χ4v) is 5.72. The Balaban J connectivity index is 1.35. The number of pyridine rings is 2. The lowest BCUT2D eigenvalue weighted by molar-refractivity contribution is -0.116. The second kappa shape index (κ2) is 12.0. The van der Waals surface area contributed by atoms with Gasteiger partial charge in [-0.2, -0.15) is 5.10 Å². The molecule has 1 amide bonds. The molecular formula is C32H30FN7O3S. The van der Waals surface area contributed by atoms with E-state index in [9.17, 15) is 17.6 Å². The van der Waals surface area contributed by atoms with Crippen LogP contribution in [0.25, 0.3) is 55.7 Å². The fourth-order valence-electron chi connectivity index (χ4n) is 5.11. The average Bonchev–Trinajstić information content (AvgIpc) is 3.62. The Morgan fingerprint density at radius 2 is 1.80 bits per heavy atom. The third-order valence-electron chi connectivity index (χ3n) is 7.32. The summed E-state index contributed by atoms with van der Waals surface area (Å²) >= 11 is 0. The van der Waals surface area contributed by atoms with Crippen LogP contribution in [-0.2, 0) is 21.1 Å². The maximum Gasteiger partial charge on any atom is 0.224 e. The van der Waals surface area contributed by atoms with Crippen LogP contribution in [0.1, 0.15) is 31.7 Å². The van der Waals surface area contributed by atoms with Crippen molar-refractivity contribution in [3.8, 4) is 33.8 Å². The van der Waals surface area contributed by atoms with Crippen molar-refractivity contribution in [1.82, 2.24) is 30.1 Å². The minimum atomic E-state index is -3.20. The van der Waals surface area contributed by atoms with Crippen LogP contribution >= 0.6 is 0 Å². The molecule has 0 unspecified atom stereocenters. The summed E-state index contributed by atoms with van der Waals surface area (Å²) in [5.74, 6) is -0.0850. The van der Waals surface area contributed by atoms with Crippen LogP contribution in [0.3, 0.4) is 0 Å². The zero-order valence-electron chi connectivity index (χ0n) is 24.2. The Kier molecular flexibility index (Phi) is 7.92. The highest BCUT2D eigenvalue weighted by molar-refractivity contribution is 7.90. The van der Waals surface area contributed by atoms with E-state index in [1.807, 2.05) is 31.2 Å². The van der Waals surface area contributed by atoms with Crippen molar-refractivity contribution in [3.63, 3.8) is 0 Å². The van der Waals surface area contributed by atoms with Gasteiger partial charge in [-0.05, 0) is 59.9 Å². The van der Waals surface area contributed by atoms with E-state index in [2.05, 4.69) is 30.5 Å². The molecule has 0 saturated heterocycles. The number of rotatable bonds is 10. The predicted octanol–water partition coefficient (Wildman–Crippen LogP) is 6.09. The van der Waals surface area contributed by atoms with E-state index in [1.165, 1.54) is 12.1 Å². The van der Waals surface area contributed by atoms with Gasteiger partial charge in [0, 0.05) is 41.6 Å². The van der Waals surface area contributed by atoms with Crippen molar-refractivity contribution in [2.24, 2.45) is 0 Å². The van der Waals surface area contributed by atoms with Crippen molar-refractivity contribution in [2.75, 3.05) is 17.3 Å². The van der Waals surface area contributed by atoms with Crippen LogP contribution in [0.15, 0.2) is 67.3 Å². The second-order valence-corrected chi connectivity index (χ2v) is 13.1. The third kappa shape index (κ3) is 6.35. The number of aromatic amines is 2. The fraction of sp³-hybridized carbons (Fsp3) is 0.219. The molecule has 4 aromatic heterocycles. The number of carbonyl (C=O) groups is 1. The molecule has 6 aromatic rings. The molecule has 0 aliphatic carbocycles. The smallest absolute Gasteiger partial charge is 0.224 e. The van der Waals surface area contributed by atoms with E-state index in [4.69, 9.17) is 4.98 Å². The molecule has 0 saturated carbocycles. The van der Waals surface area contributed by atoms with Crippen LogP contribution in [-0.4, -0.2) is 56.5 Å². The van der Waals surface area contributed by atoms with Crippen LogP contribution in [0.5, 0.6) is 0 Å². The van der Waals surface area contributed by atoms with E-state index in [1.54, 1.807) is 30.9 Å². The maximum absolute atomic E-state index is 14.6. The number of anilines is 1. The van der Waals surface area contributed by atoms with Gasteiger partial charge in [0.1, 0.15) is 21.3 Å². The number of fused-ring (bicyclic) bond motifs is 2. The van der Waals surface area contributed by atoms with Gasteiger partial charge in [-0.3, -0.25) is 19.9 Å². The van der Waals surface area contributed by atoms with Gasteiger partial charge in [-0.25, -0.2) is 17.8 Å². The summed E-state index contributed by atoms with van der Waals surface area (Å²) in [5, 5.41) is 11.3. The van der Waals surface area contributed by atoms with Crippen molar-refractivity contribution < 1.29 is 17.6 Å². The van der Waals surface area contributed by atoms with Crippen molar-refractivity contribution in [2.45, 2.75) is 32.6 Å². The van der Waals surface area contributed by atoms with Crippen LogP contribution in [0.2, 0.25) is 0 Å². The predicted molar refractivity (Wildman–Crippen MR) is 169 cm³/mol.